The molecule has 1 aliphatic heterocycles. The fourth-order valence-electron chi connectivity index (χ4n) is 1.96. The lowest BCUT2D eigenvalue weighted by Gasteiger charge is -2.09. The van der Waals surface area contributed by atoms with Crippen molar-refractivity contribution in [2.24, 2.45) is 0 Å². The van der Waals surface area contributed by atoms with Crippen LogP contribution in [0.4, 0.5) is 0 Å². The summed E-state index contributed by atoms with van der Waals surface area (Å²) in [6.07, 6.45) is 0.494. The predicted molar refractivity (Wildman–Crippen MR) is 69.5 cm³/mol. The lowest BCUT2D eigenvalue weighted by atomic mass is 10.2. The smallest absolute Gasteiger partial charge is 0.247 e. The summed E-state index contributed by atoms with van der Waals surface area (Å²) in [4.78, 5) is 24.1. The normalized spacial score (nSPS) is 15.2. The van der Waals surface area contributed by atoms with Gasteiger partial charge in [-0.15, -0.1) is 10.2 Å². The maximum absolute atomic E-state index is 11.5. The molecule has 0 N–H and O–H groups in total. The third kappa shape index (κ3) is 2.42. The van der Waals surface area contributed by atoms with Crippen LogP contribution in [0.2, 0.25) is 5.02 Å². The Bertz CT molecular complexity index is 650. The summed E-state index contributed by atoms with van der Waals surface area (Å²) in [5.41, 5.74) is 0.729. The van der Waals surface area contributed by atoms with Gasteiger partial charge in [-0.25, -0.2) is 0 Å². The third-order valence-corrected chi connectivity index (χ3v) is 3.26. The van der Waals surface area contributed by atoms with Crippen LogP contribution in [0.1, 0.15) is 18.7 Å². The fourth-order valence-corrected chi connectivity index (χ4v) is 2.09. The topological polar surface area (TPSA) is 76.3 Å². The molecule has 7 heteroatoms. The Kier molecular flexibility index (Phi) is 3.23. The third-order valence-electron chi connectivity index (χ3n) is 3.01. The standard InChI is InChI=1S/C13H10ClN3O3/c14-9-3-1-8(2-4-9)13-16-15-10(20-13)7-17-11(18)5-6-12(17)19/h1-4H,5-7H2. The van der Waals surface area contributed by atoms with E-state index in [1.165, 1.54) is 0 Å². The number of amides is 2. The van der Waals surface area contributed by atoms with Crippen molar-refractivity contribution < 1.29 is 14.0 Å². The van der Waals surface area contributed by atoms with Gasteiger partial charge in [-0.1, -0.05) is 11.6 Å². The Morgan fingerprint density at radius 3 is 2.40 bits per heavy atom. The van der Waals surface area contributed by atoms with Crippen LogP contribution < -0.4 is 0 Å². The second kappa shape index (κ2) is 5.05. The maximum atomic E-state index is 11.5. The van der Waals surface area contributed by atoms with Crippen molar-refractivity contribution in [3.8, 4) is 11.5 Å². The molecule has 1 aliphatic rings. The van der Waals surface area contributed by atoms with Gasteiger partial charge in [-0.05, 0) is 24.3 Å². The Morgan fingerprint density at radius 1 is 1.10 bits per heavy atom. The van der Waals surface area contributed by atoms with Gasteiger partial charge in [0.2, 0.25) is 23.6 Å². The largest absolute Gasteiger partial charge is 0.419 e. The first kappa shape index (κ1) is 12.8. The molecule has 2 heterocycles. The first-order valence-electron chi connectivity index (χ1n) is 6.05. The minimum Gasteiger partial charge on any atom is -0.419 e. The summed E-state index contributed by atoms with van der Waals surface area (Å²) in [5.74, 6) is 0.150. The van der Waals surface area contributed by atoms with Gasteiger partial charge >= 0.3 is 0 Å². The SMILES string of the molecule is O=C1CCC(=O)N1Cc1nnc(-c2ccc(Cl)cc2)o1. The molecule has 1 aromatic heterocycles. The molecule has 0 atom stereocenters. The number of imide groups is 1. The van der Waals surface area contributed by atoms with Crippen LogP contribution in [-0.4, -0.2) is 26.9 Å². The molecule has 2 aromatic rings. The number of nitrogens with zero attached hydrogens (tertiary/aromatic N) is 3. The molecule has 1 fully saturated rings. The van der Waals surface area contributed by atoms with Crippen LogP contribution >= 0.6 is 11.6 Å². The zero-order chi connectivity index (χ0) is 14.1. The molecule has 6 nitrogen and oxygen atoms in total. The van der Waals surface area contributed by atoms with E-state index < -0.39 is 0 Å². The van der Waals surface area contributed by atoms with E-state index >= 15 is 0 Å². The van der Waals surface area contributed by atoms with Gasteiger partial charge in [0.15, 0.2) is 0 Å². The minimum absolute atomic E-state index is 0.0260. The number of hydrogen-bond acceptors (Lipinski definition) is 5. The summed E-state index contributed by atoms with van der Waals surface area (Å²) in [5, 5.41) is 8.36. The molecule has 0 radical (unpaired) electrons. The van der Waals surface area contributed by atoms with Crippen LogP contribution in [0.3, 0.4) is 0 Å². The van der Waals surface area contributed by atoms with E-state index in [-0.39, 0.29) is 37.1 Å². The summed E-state index contributed by atoms with van der Waals surface area (Å²) < 4.78 is 5.46. The highest BCUT2D eigenvalue weighted by atomic mass is 35.5. The molecule has 2 amide bonds. The Hall–Kier alpha value is -2.21. The van der Waals surface area contributed by atoms with E-state index in [2.05, 4.69) is 10.2 Å². The number of carbonyl (C=O) groups is 2. The van der Waals surface area contributed by atoms with Crippen LogP contribution in [0.25, 0.3) is 11.5 Å². The van der Waals surface area contributed by atoms with Gasteiger partial charge < -0.3 is 4.42 Å². The molecule has 0 unspecified atom stereocenters. The van der Waals surface area contributed by atoms with Gasteiger partial charge in [-0.3, -0.25) is 14.5 Å². The van der Waals surface area contributed by atoms with E-state index in [0.29, 0.717) is 10.9 Å². The number of benzene rings is 1. The fraction of sp³-hybridized carbons (Fsp3) is 0.231. The van der Waals surface area contributed by atoms with E-state index in [1.54, 1.807) is 24.3 Å². The average molecular weight is 292 g/mol. The van der Waals surface area contributed by atoms with E-state index in [9.17, 15) is 9.59 Å². The molecule has 0 aliphatic carbocycles. The second-order valence-corrected chi connectivity index (χ2v) is 4.82. The molecule has 102 valence electrons. The predicted octanol–water partition coefficient (Wildman–Crippen LogP) is 2.04. The van der Waals surface area contributed by atoms with Crippen molar-refractivity contribution in [3.63, 3.8) is 0 Å². The van der Waals surface area contributed by atoms with Gasteiger partial charge in [-0.2, -0.15) is 0 Å². The molecule has 1 saturated heterocycles. The van der Waals surface area contributed by atoms with Gasteiger partial charge in [0.05, 0.1) is 0 Å². The van der Waals surface area contributed by atoms with Gasteiger partial charge in [0.1, 0.15) is 6.54 Å². The highest BCUT2D eigenvalue weighted by Gasteiger charge is 2.30. The van der Waals surface area contributed by atoms with Crippen molar-refractivity contribution in [1.82, 2.24) is 15.1 Å². The molecule has 20 heavy (non-hydrogen) atoms. The second-order valence-electron chi connectivity index (χ2n) is 4.38. The molecule has 0 bridgehead atoms. The van der Waals surface area contributed by atoms with E-state index in [1.807, 2.05) is 0 Å². The van der Waals surface area contributed by atoms with E-state index in [4.69, 9.17) is 16.0 Å². The van der Waals surface area contributed by atoms with Crippen molar-refractivity contribution in [2.75, 3.05) is 0 Å². The van der Waals surface area contributed by atoms with Crippen molar-refractivity contribution >= 4 is 23.4 Å². The summed E-state index contributed by atoms with van der Waals surface area (Å²) in [7, 11) is 0. The number of carbonyl (C=O) groups excluding carboxylic acids is 2. The number of aromatic nitrogens is 2. The van der Waals surface area contributed by atoms with Crippen LogP contribution in [0.5, 0.6) is 0 Å². The molecule has 3 rings (SSSR count). The number of rotatable bonds is 3. The Morgan fingerprint density at radius 2 is 1.75 bits per heavy atom. The van der Waals surface area contributed by atoms with Crippen LogP contribution in [-0.2, 0) is 16.1 Å². The Labute approximate surface area is 119 Å². The lowest BCUT2D eigenvalue weighted by Crippen LogP contribution is -2.28. The molecule has 0 saturated carbocycles. The number of halogens is 1. The number of likely N-dealkylation sites (tertiary alicyclic amines) is 1. The van der Waals surface area contributed by atoms with Crippen LogP contribution in [0.15, 0.2) is 28.7 Å². The average Bonchev–Trinajstić information content (AvgIpc) is 3.02. The minimum atomic E-state index is -0.207. The molecular formula is C13H10ClN3O3. The number of hydrogen-bond donors (Lipinski definition) is 0. The quantitative estimate of drug-likeness (QED) is 0.809. The lowest BCUT2D eigenvalue weighted by molar-refractivity contribution is -0.139. The molecule has 1 aromatic carbocycles. The molecular weight excluding hydrogens is 282 g/mol. The zero-order valence-corrected chi connectivity index (χ0v) is 11.1. The first-order chi connectivity index (χ1) is 9.63. The summed E-state index contributed by atoms with van der Waals surface area (Å²) >= 11 is 5.80. The van der Waals surface area contributed by atoms with Crippen molar-refractivity contribution in [2.45, 2.75) is 19.4 Å². The highest BCUT2D eigenvalue weighted by molar-refractivity contribution is 6.30. The summed E-state index contributed by atoms with van der Waals surface area (Å²) in [6, 6.07) is 6.94. The highest BCUT2D eigenvalue weighted by Crippen LogP contribution is 2.21. The van der Waals surface area contributed by atoms with Gasteiger partial charge in [0.25, 0.3) is 0 Å². The summed E-state index contributed by atoms with van der Waals surface area (Å²) in [6.45, 7) is 0.0260. The van der Waals surface area contributed by atoms with Crippen LogP contribution in [0, 0.1) is 0 Å². The first-order valence-corrected chi connectivity index (χ1v) is 6.43. The Balaban J connectivity index is 1.78. The van der Waals surface area contributed by atoms with Crippen molar-refractivity contribution in [3.05, 3.63) is 35.2 Å². The van der Waals surface area contributed by atoms with Crippen molar-refractivity contribution in [1.29, 1.82) is 0 Å². The molecule has 0 spiro atoms. The maximum Gasteiger partial charge on any atom is 0.247 e. The monoisotopic (exact) mass is 291 g/mol. The zero-order valence-electron chi connectivity index (χ0n) is 10.4. The van der Waals surface area contributed by atoms with Gasteiger partial charge in [0, 0.05) is 23.4 Å². The van der Waals surface area contributed by atoms with E-state index in [0.717, 1.165) is 10.5 Å².